The maximum absolute atomic E-state index is 12.7. The lowest BCUT2D eigenvalue weighted by Gasteiger charge is -2.33. The Bertz CT molecular complexity index is 1110. The molecule has 6 nitrogen and oxygen atoms in total. The molecule has 1 aliphatic rings. The van der Waals surface area contributed by atoms with E-state index in [0.717, 1.165) is 50.2 Å². The Morgan fingerprint density at radius 1 is 1.13 bits per heavy atom. The fraction of sp³-hybridized carbons (Fsp3) is 0.364. The third-order valence-electron chi connectivity index (χ3n) is 5.66. The van der Waals surface area contributed by atoms with Crippen molar-refractivity contribution in [2.24, 2.45) is 5.92 Å². The van der Waals surface area contributed by atoms with Crippen molar-refractivity contribution in [2.45, 2.75) is 31.9 Å². The largest absolute Gasteiger partial charge is 0.417 e. The highest BCUT2D eigenvalue weighted by Gasteiger charge is 2.30. The molecule has 164 valence electrons. The van der Waals surface area contributed by atoms with Crippen LogP contribution in [-0.4, -0.2) is 24.0 Å². The highest BCUT2D eigenvalue weighted by Crippen LogP contribution is 2.32. The number of halogens is 3. The maximum Gasteiger partial charge on any atom is 0.417 e. The molecule has 2 aromatic carbocycles. The number of alkyl halides is 3. The summed E-state index contributed by atoms with van der Waals surface area (Å²) in [4.78, 5) is 28.1. The van der Waals surface area contributed by atoms with Crippen LogP contribution in [0.5, 0.6) is 0 Å². The molecule has 0 saturated carbocycles. The van der Waals surface area contributed by atoms with E-state index in [1.807, 2.05) is 0 Å². The lowest BCUT2D eigenvalue weighted by Crippen LogP contribution is -2.34. The second-order valence-corrected chi connectivity index (χ2v) is 7.79. The number of benzene rings is 2. The van der Waals surface area contributed by atoms with Crippen molar-refractivity contribution < 1.29 is 22.4 Å². The van der Waals surface area contributed by atoms with Crippen molar-refractivity contribution in [3.8, 4) is 0 Å². The normalized spacial score (nSPS) is 15.4. The number of hydrogen-bond acceptors (Lipinski definition) is 4. The molecule has 0 radical (unpaired) electrons. The van der Waals surface area contributed by atoms with Gasteiger partial charge in [-0.15, -0.1) is 0 Å². The quantitative estimate of drug-likeness (QED) is 0.607. The molecule has 2 heterocycles. The van der Waals surface area contributed by atoms with Crippen LogP contribution in [0.1, 0.15) is 31.2 Å². The van der Waals surface area contributed by atoms with E-state index in [0.29, 0.717) is 29.1 Å². The number of nitrogens with one attached hydrogen (secondary N) is 2. The summed E-state index contributed by atoms with van der Waals surface area (Å²) in [5, 5.41) is 2.82. The third-order valence-corrected chi connectivity index (χ3v) is 5.66. The van der Waals surface area contributed by atoms with Gasteiger partial charge < -0.3 is 14.6 Å². The SMILES string of the molecule is O=C(CCC1CCN(c2ccc(C(F)(F)F)cc2)CC1)Nc1ccc2[nH]c(=O)oc2c1. The summed E-state index contributed by atoms with van der Waals surface area (Å²) in [5.41, 5.74) is 1.67. The van der Waals surface area contributed by atoms with E-state index in [4.69, 9.17) is 4.42 Å². The van der Waals surface area contributed by atoms with Crippen molar-refractivity contribution in [3.05, 3.63) is 58.6 Å². The number of nitrogens with zero attached hydrogens (tertiary/aromatic N) is 1. The van der Waals surface area contributed by atoms with Gasteiger partial charge in [0.2, 0.25) is 5.91 Å². The van der Waals surface area contributed by atoms with Gasteiger partial charge in [-0.2, -0.15) is 13.2 Å². The number of aromatic nitrogens is 1. The van der Waals surface area contributed by atoms with E-state index in [9.17, 15) is 22.8 Å². The van der Waals surface area contributed by atoms with E-state index in [1.165, 1.54) is 12.1 Å². The molecule has 2 N–H and O–H groups in total. The number of H-pyrrole nitrogens is 1. The standard InChI is InChI=1S/C22H22F3N3O3/c23-22(24,25)15-2-5-17(6-3-15)28-11-9-14(10-12-28)1-8-20(29)26-16-4-7-18-19(13-16)31-21(30)27-18/h2-7,13-14H,1,8-12H2,(H,26,29)(H,27,30). The molecule has 0 spiro atoms. The first-order chi connectivity index (χ1) is 14.8. The molecule has 1 aliphatic heterocycles. The fourth-order valence-electron chi connectivity index (χ4n) is 3.92. The van der Waals surface area contributed by atoms with E-state index in [1.54, 1.807) is 18.2 Å². The summed E-state index contributed by atoms with van der Waals surface area (Å²) >= 11 is 0. The molecular weight excluding hydrogens is 411 g/mol. The Morgan fingerprint density at radius 3 is 2.52 bits per heavy atom. The second kappa shape index (κ2) is 8.49. The molecule has 1 saturated heterocycles. The zero-order chi connectivity index (χ0) is 22.0. The van der Waals surface area contributed by atoms with Crippen LogP contribution in [0.3, 0.4) is 0 Å². The van der Waals surface area contributed by atoms with Crippen molar-refractivity contribution >= 4 is 28.4 Å². The van der Waals surface area contributed by atoms with E-state index >= 15 is 0 Å². The van der Waals surface area contributed by atoms with E-state index in [2.05, 4.69) is 15.2 Å². The molecule has 3 aromatic rings. The number of anilines is 2. The van der Waals surface area contributed by atoms with Gasteiger partial charge in [-0.1, -0.05) is 0 Å². The van der Waals surface area contributed by atoms with Crippen molar-refractivity contribution in [3.63, 3.8) is 0 Å². The fourth-order valence-corrected chi connectivity index (χ4v) is 3.92. The van der Waals surface area contributed by atoms with E-state index in [-0.39, 0.29) is 5.91 Å². The average molecular weight is 433 g/mol. The lowest BCUT2D eigenvalue weighted by molar-refractivity contribution is -0.137. The highest BCUT2D eigenvalue weighted by molar-refractivity contribution is 5.92. The molecule has 0 unspecified atom stereocenters. The Hall–Kier alpha value is -3.23. The third kappa shape index (κ3) is 5.10. The van der Waals surface area contributed by atoms with Gasteiger partial charge in [-0.05, 0) is 61.6 Å². The molecule has 0 bridgehead atoms. The number of oxazole rings is 1. The van der Waals surface area contributed by atoms with Crippen molar-refractivity contribution in [1.29, 1.82) is 0 Å². The number of carbonyl (C=O) groups excluding carboxylic acids is 1. The monoisotopic (exact) mass is 433 g/mol. The number of amides is 1. The number of rotatable bonds is 5. The number of hydrogen-bond donors (Lipinski definition) is 2. The van der Waals surface area contributed by atoms with Gasteiger partial charge in [-0.25, -0.2) is 4.79 Å². The van der Waals surface area contributed by atoms with Gasteiger partial charge in [0.1, 0.15) is 0 Å². The first kappa shape index (κ1) is 21.0. The molecule has 1 amide bonds. The predicted molar refractivity (Wildman–Crippen MR) is 111 cm³/mol. The maximum atomic E-state index is 12.7. The van der Waals surface area contributed by atoms with Gasteiger partial charge in [-0.3, -0.25) is 9.78 Å². The smallest absolute Gasteiger partial charge is 0.408 e. The molecule has 0 atom stereocenters. The number of piperidine rings is 1. The van der Waals surface area contributed by atoms with Gasteiger partial charge in [0.15, 0.2) is 5.58 Å². The minimum absolute atomic E-state index is 0.109. The molecule has 0 aliphatic carbocycles. The Balaban J connectivity index is 1.24. The molecular formula is C22H22F3N3O3. The van der Waals surface area contributed by atoms with Crippen molar-refractivity contribution in [2.75, 3.05) is 23.3 Å². The van der Waals surface area contributed by atoms with Crippen LogP contribution in [0.2, 0.25) is 0 Å². The van der Waals surface area contributed by atoms with Gasteiger partial charge in [0.25, 0.3) is 0 Å². The van der Waals surface area contributed by atoms with Crippen LogP contribution in [-0.2, 0) is 11.0 Å². The Labute approximate surface area is 176 Å². The molecule has 1 aromatic heterocycles. The summed E-state index contributed by atoms with van der Waals surface area (Å²) in [7, 11) is 0. The number of fused-ring (bicyclic) bond motifs is 1. The zero-order valence-corrected chi connectivity index (χ0v) is 16.7. The van der Waals surface area contributed by atoms with Gasteiger partial charge in [0.05, 0.1) is 11.1 Å². The van der Waals surface area contributed by atoms with Gasteiger partial charge in [0, 0.05) is 37.0 Å². The Morgan fingerprint density at radius 2 is 1.84 bits per heavy atom. The zero-order valence-electron chi connectivity index (χ0n) is 16.7. The minimum Gasteiger partial charge on any atom is -0.408 e. The van der Waals surface area contributed by atoms with Crippen molar-refractivity contribution in [1.82, 2.24) is 4.98 Å². The summed E-state index contributed by atoms with van der Waals surface area (Å²) in [5.74, 6) is -0.259. The first-order valence-electron chi connectivity index (χ1n) is 10.1. The summed E-state index contributed by atoms with van der Waals surface area (Å²) in [6, 6.07) is 10.2. The summed E-state index contributed by atoms with van der Waals surface area (Å²) < 4.78 is 43.1. The van der Waals surface area contributed by atoms with Crippen LogP contribution in [0, 0.1) is 5.92 Å². The summed E-state index contributed by atoms with van der Waals surface area (Å²) in [6.07, 6.45) is -1.44. The first-order valence-corrected chi connectivity index (χ1v) is 10.1. The van der Waals surface area contributed by atoms with Crippen LogP contribution < -0.4 is 16.0 Å². The molecule has 9 heteroatoms. The second-order valence-electron chi connectivity index (χ2n) is 7.79. The molecule has 31 heavy (non-hydrogen) atoms. The van der Waals surface area contributed by atoms with E-state index < -0.39 is 17.5 Å². The van der Waals surface area contributed by atoms with Crippen LogP contribution in [0.15, 0.2) is 51.7 Å². The summed E-state index contributed by atoms with van der Waals surface area (Å²) in [6.45, 7) is 1.50. The minimum atomic E-state index is -4.33. The number of carbonyl (C=O) groups is 1. The molecule has 4 rings (SSSR count). The van der Waals surface area contributed by atoms with Gasteiger partial charge >= 0.3 is 11.9 Å². The number of aromatic amines is 1. The van der Waals surface area contributed by atoms with Crippen LogP contribution in [0.4, 0.5) is 24.5 Å². The Kier molecular flexibility index (Phi) is 5.75. The highest BCUT2D eigenvalue weighted by atomic mass is 19.4. The predicted octanol–water partition coefficient (Wildman–Crippen LogP) is 4.78. The molecule has 1 fully saturated rings. The van der Waals surface area contributed by atoms with Crippen LogP contribution in [0.25, 0.3) is 11.1 Å². The lowest BCUT2D eigenvalue weighted by atomic mass is 9.91. The average Bonchev–Trinajstić information content (AvgIpc) is 3.11. The van der Waals surface area contributed by atoms with Crippen LogP contribution >= 0.6 is 0 Å². The topological polar surface area (TPSA) is 78.3 Å².